The molecule has 0 aliphatic heterocycles. The lowest BCUT2D eigenvalue weighted by molar-refractivity contribution is 0.868. The quantitative estimate of drug-likeness (QED) is 0.740. The lowest BCUT2D eigenvalue weighted by atomic mass is 10.3. The monoisotopic (exact) mass is 314 g/mol. The second-order valence-electron chi connectivity index (χ2n) is 5.22. The number of para-hydroxylation sites is 1. The van der Waals surface area contributed by atoms with Crippen molar-refractivity contribution in [1.29, 1.82) is 0 Å². The van der Waals surface area contributed by atoms with Crippen LogP contribution in [0, 0.1) is 6.92 Å². The van der Waals surface area contributed by atoms with Crippen molar-refractivity contribution in [2.75, 3.05) is 5.73 Å². The molecule has 2 heterocycles. The maximum Gasteiger partial charge on any atom is 0.157 e. The molecular weight excluding hydrogens is 300 g/mol. The molecule has 106 valence electrons. The Morgan fingerprint density at radius 3 is 2.76 bits per heavy atom. The largest absolute Gasteiger partial charge is 0.383 e. The zero-order valence-corrected chi connectivity index (χ0v) is 13.2. The van der Waals surface area contributed by atoms with Gasteiger partial charge in [-0.15, -0.1) is 11.3 Å². The summed E-state index contributed by atoms with van der Waals surface area (Å²) in [5.41, 5.74) is 8.02. The van der Waals surface area contributed by atoms with Crippen LogP contribution in [0.5, 0.6) is 0 Å². The molecule has 1 aliphatic carbocycles. The van der Waals surface area contributed by atoms with Gasteiger partial charge in [-0.05, 0) is 43.7 Å². The summed E-state index contributed by atoms with van der Waals surface area (Å²) in [6.07, 6.45) is 2.35. The van der Waals surface area contributed by atoms with Crippen LogP contribution in [0.3, 0.4) is 0 Å². The van der Waals surface area contributed by atoms with Gasteiger partial charge in [0.25, 0.3) is 0 Å². The first-order valence-corrected chi connectivity index (χ1v) is 8.51. The van der Waals surface area contributed by atoms with E-state index in [0.29, 0.717) is 11.7 Å². The number of anilines is 1. The van der Waals surface area contributed by atoms with Gasteiger partial charge in [0.2, 0.25) is 0 Å². The molecule has 0 unspecified atom stereocenters. The number of rotatable bonds is 3. The van der Waals surface area contributed by atoms with Crippen molar-refractivity contribution in [2.45, 2.75) is 35.0 Å². The predicted octanol–water partition coefficient (Wildman–Crippen LogP) is 4.01. The Morgan fingerprint density at radius 1 is 1.19 bits per heavy atom. The molecule has 1 aliphatic rings. The van der Waals surface area contributed by atoms with Gasteiger partial charge in [0.05, 0.1) is 10.2 Å². The Kier molecular flexibility index (Phi) is 3.08. The normalized spacial score (nSPS) is 14.7. The molecule has 0 spiro atoms. The maximum absolute atomic E-state index is 6.03. The van der Waals surface area contributed by atoms with Crippen molar-refractivity contribution < 1.29 is 0 Å². The highest BCUT2D eigenvalue weighted by molar-refractivity contribution is 8.01. The summed E-state index contributed by atoms with van der Waals surface area (Å²) in [4.78, 5) is 13.8. The van der Waals surface area contributed by atoms with Crippen LogP contribution in [-0.4, -0.2) is 15.0 Å². The first kappa shape index (κ1) is 13.0. The van der Waals surface area contributed by atoms with E-state index in [1.54, 1.807) is 23.1 Å². The molecule has 0 atom stereocenters. The molecule has 4 nitrogen and oxygen atoms in total. The van der Waals surface area contributed by atoms with Gasteiger partial charge in [-0.25, -0.2) is 15.0 Å². The van der Waals surface area contributed by atoms with Crippen molar-refractivity contribution in [3.63, 3.8) is 0 Å². The highest BCUT2D eigenvalue weighted by Gasteiger charge is 2.28. The lowest BCUT2D eigenvalue weighted by Crippen LogP contribution is -2.03. The molecule has 0 radical (unpaired) electrons. The molecule has 1 saturated carbocycles. The van der Waals surface area contributed by atoms with E-state index in [0.717, 1.165) is 26.3 Å². The van der Waals surface area contributed by atoms with Crippen molar-refractivity contribution in [3.8, 4) is 0 Å². The minimum absolute atomic E-state index is 0.502. The Hall–Kier alpha value is -1.66. The Bertz CT molecular complexity index is 791. The summed E-state index contributed by atoms with van der Waals surface area (Å²) in [7, 11) is 0. The minimum Gasteiger partial charge on any atom is -0.383 e. The van der Waals surface area contributed by atoms with Crippen LogP contribution < -0.4 is 5.73 Å². The van der Waals surface area contributed by atoms with Gasteiger partial charge >= 0.3 is 0 Å². The number of nitrogen functional groups attached to an aromatic ring is 1. The first-order chi connectivity index (χ1) is 10.2. The fourth-order valence-corrected chi connectivity index (χ4v) is 4.21. The van der Waals surface area contributed by atoms with E-state index < -0.39 is 0 Å². The molecule has 1 fully saturated rings. The maximum atomic E-state index is 6.03. The zero-order chi connectivity index (χ0) is 14.4. The fourth-order valence-electron chi connectivity index (χ4n) is 2.13. The Morgan fingerprint density at radius 2 is 2.00 bits per heavy atom. The van der Waals surface area contributed by atoms with Crippen molar-refractivity contribution in [1.82, 2.24) is 15.0 Å². The van der Waals surface area contributed by atoms with Gasteiger partial charge in [-0.1, -0.05) is 12.1 Å². The van der Waals surface area contributed by atoms with E-state index in [1.165, 1.54) is 17.5 Å². The van der Waals surface area contributed by atoms with E-state index in [9.17, 15) is 0 Å². The number of nitrogens with two attached hydrogens (primary N) is 1. The van der Waals surface area contributed by atoms with Gasteiger partial charge < -0.3 is 5.73 Å². The average Bonchev–Trinajstić information content (AvgIpc) is 3.24. The second-order valence-corrected chi connectivity index (χ2v) is 7.49. The number of aromatic nitrogens is 3. The molecule has 0 saturated heterocycles. The van der Waals surface area contributed by atoms with Gasteiger partial charge in [0.15, 0.2) is 4.34 Å². The van der Waals surface area contributed by atoms with Crippen LogP contribution in [0.25, 0.3) is 10.2 Å². The van der Waals surface area contributed by atoms with Crippen LogP contribution in [0.2, 0.25) is 0 Å². The third kappa shape index (κ3) is 2.49. The van der Waals surface area contributed by atoms with E-state index in [4.69, 9.17) is 10.7 Å². The molecule has 1 aromatic carbocycles. The van der Waals surface area contributed by atoms with Gasteiger partial charge in [-0.3, -0.25) is 0 Å². The third-order valence-corrected chi connectivity index (χ3v) is 5.74. The van der Waals surface area contributed by atoms with E-state index in [1.807, 2.05) is 25.1 Å². The molecule has 2 aromatic heterocycles. The van der Waals surface area contributed by atoms with Crippen LogP contribution in [-0.2, 0) is 0 Å². The van der Waals surface area contributed by atoms with Gasteiger partial charge in [-0.2, -0.15) is 0 Å². The summed E-state index contributed by atoms with van der Waals surface area (Å²) in [5.74, 6) is 1.99. The van der Waals surface area contributed by atoms with Crippen LogP contribution in [0.4, 0.5) is 5.82 Å². The highest BCUT2D eigenvalue weighted by Crippen LogP contribution is 2.41. The number of hydrogen-bond donors (Lipinski definition) is 1. The number of thiazole rings is 1. The first-order valence-electron chi connectivity index (χ1n) is 6.88. The number of hydrogen-bond acceptors (Lipinski definition) is 6. The fraction of sp³-hybridized carbons (Fsp3) is 0.267. The van der Waals surface area contributed by atoms with E-state index in [-0.39, 0.29) is 0 Å². The number of fused-ring (bicyclic) bond motifs is 1. The average molecular weight is 314 g/mol. The number of benzene rings is 1. The predicted molar refractivity (Wildman–Crippen MR) is 86.9 cm³/mol. The van der Waals surface area contributed by atoms with Crippen molar-refractivity contribution >= 4 is 39.1 Å². The molecule has 6 heteroatoms. The van der Waals surface area contributed by atoms with Gasteiger partial charge in [0.1, 0.15) is 16.7 Å². The summed E-state index contributed by atoms with van der Waals surface area (Å²) in [6.45, 7) is 1.97. The van der Waals surface area contributed by atoms with Crippen molar-refractivity contribution in [2.24, 2.45) is 0 Å². The standard InChI is InChI=1S/C15H14N4S2/c1-8-12(16)18-13(9-6-7-9)19-14(8)21-15-17-10-4-2-3-5-11(10)20-15/h2-5,9H,6-7H2,1H3,(H2,16,18,19). The zero-order valence-electron chi connectivity index (χ0n) is 11.5. The topological polar surface area (TPSA) is 64.7 Å². The summed E-state index contributed by atoms with van der Waals surface area (Å²) >= 11 is 3.28. The lowest BCUT2D eigenvalue weighted by Gasteiger charge is -2.07. The van der Waals surface area contributed by atoms with Crippen LogP contribution in [0.1, 0.15) is 30.1 Å². The third-order valence-electron chi connectivity index (χ3n) is 3.56. The SMILES string of the molecule is Cc1c(N)nc(C2CC2)nc1Sc1nc2ccccc2s1. The Labute approximate surface area is 130 Å². The smallest absolute Gasteiger partial charge is 0.157 e. The second kappa shape index (κ2) is 4.96. The highest BCUT2D eigenvalue weighted by atomic mass is 32.2. The summed E-state index contributed by atoms with van der Waals surface area (Å²) < 4.78 is 2.20. The molecule has 4 rings (SSSR count). The van der Waals surface area contributed by atoms with Crippen LogP contribution in [0.15, 0.2) is 33.6 Å². The molecule has 0 amide bonds. The summed E-state index contributed by atoms with van der Waals surface area (Å²) in [5, 5.41) is 0.934. The van der Waals surface area contributed by atoms with Gasteiger partial charge in [0, 0.05) is 11.5 Å². The molecule has 21 heavy (non-hydrogen) atoms. The summed E-state index contributed by atoms with van der Waals surface area (Å²) in [6, 6.07) is 8.17. The molecule has 0 bridgehead atoms. The Balaban J connectivity index is 1.72. The molecular formula is C15H14N4S2. The van der Waals surface area contributed by atoms with E-state index in [2.05, 4.69) is 16.0 Å². The van der Waals surface area contributed by atoms with E-state index >= 15 is 0 Å². The van der Waals surface area contributed by atoms with Crippen LogP contribution >= 0.6 is 23.1 Å². The molecule has 3 aromatic rings. The minimum atomic E-state index is 0.502. The number of nitrogens with zero attached hydrogens (tertiary/aromatic N) is 3. The molecule has 2 N–H and O–H groups in total. The van der Waals surface area contributed by atoms with Crippen molar-refractivity contribution in [3.05, 3.63) is 35.7 Å².